The van der Waals surface area contributed by atoms with Crippen molar-refractivity contribution >= 4 is 11.5 Å². The third kappa shape index (κ3) is 3.31. The van der Waals surface area contributed by atoms with Gasteiger partial charge in [-0.3, -0.25) is 14.6 Å². The number of aromatic nitrogens is 5. The molecule has 3 rings (SSSR count). The first-order chi connectivity index (χ1) is 11.1. The van der Waals surface area contributed by atoms with Crippen molar-refractivity contribution in [1.29, 1.82) is 0 Å². The number of aromatic amines is 1. The minimum Gasteiger partial charge on any atom is -0.504 e. The molecule has 0 bridgehead atoms. The molecule has 1 aromatic carbocycles. The molecule has 0 spiro atoms. The molecule has 7 nitrogen and oxygen atoms in total. The number of carbonyl (C=O) groups is 1. The molecule has 2 heterocycles. The summed E-state index contributed by atoms with van der Waals surface area (Å²) < 4.78 is 15.1. The predicted octanol–water partition coefficient (Wildman–Crippen LogP) is 1.97. The molecule has 0 amide bonds. The summed E-state index contributed by atoms with van der Waals surface area (Å²) in [7, 11) is 0. The fraction of sp³-hybridized carbons (Fsp3) is 0.0667. The van der Waals surface area contributed by atoms with E-state index < -0.39 is 5.78 Å². The van der Waals surface area contributed by atoms with E-state index in [9.17, 15) is 14.3 Å². The molecule has 2 N–H and O–H groups in total. The minimum atomic E-state index is -0.452. The standard InChI is InChI=1S/C15H12FN5O2/c16-12-4-2-1-3-10(12)7-21-8-11(6-19-21)13(22)5-14(23)15-17-9-18-20-15/h1-6,8-9,23H,7H2,(H,17,18,20). The maximum Gasteiger partial charge on any atom is 0.215 e. The van der Waals surface area contributed by atoms with Gasteiger partial charge in [0.05, 0.1) is 18.3 Å². The quantitative estimate of drug-likeness (QED) is 0.426. The number of ketones is 1. The van der Waals surface area contributed by atoms with Crippen molar-refractivity contribution in [1.82, 2.24) is 25.0 Å². The van der Waals surface area contributed by atoms with Crippen LogP contribution in [-0.4, -0.2) is 35.9 Å². The van der Waals surface area contributed by atoms with Gasteiger partial charge in [-0.15, -0.1) is 0 Å². The van der Waals surface area contributed by atoms with E-state index in [2.05, 4.69) is 20.3 Å². The van der Waals surface area contributed by atoms with Gasteiger partial charge in [-0.25, -0.2) is 9.37 Å². The number of rotatable bonds is 5. The molecule has 0 fully saturated rings. The van der Waals surface area contributed by atoms with Crippen molar-refractivity contribution in [2.75, 3.05) is 0 Å². The third-order valence-corrected chi connectivity index (χ3v) is 3.12. The van der Waals surface area contributed by atoms with Crippen LogP contribution in [0.15, 0.2) is 49.1 Å². The van der Waals surface area contributed by atoms with Crippen LogP contribution in [0.1, 0.15) is 21.7 Å². The van der Waals surface area contributed by atoms with Gasteiger partial charge in [0.15, 0.2) is 11.5 Å². The summed E-state index contributed by atoms with van der Waals surface area (Å²) in [4.78, 5) is 15.8. The predicted molar refractivity (Wildman–Crippen MR) is 79.0 cm³/mol. The summed E-state index contributed by atoms with van der Waals surface area (Å²) in [5.74, 6) is -1.11. The Bertz CT molecular complexity index is 854. The Morgan fingerprint density at radius 2 is 2.22 bits per heavy atom. The van der Waals surface area contributed by atoms with E-state index >= 15 is 0 Å². The van der Waals surface area contributed by atoms with E-state index in [0.717, 1.165) is 6.08 Å². The van der Waals surface area contributed by atoms with Crippen molar-refractivity contribution < 1.29 is 14.3 Å². The van der Waals surface area contributed by atoms with Gasteiger partial charge in [0.2, 0.25) is 5.82 Å². The first-order valence-electron chi connectivity index (χ1n) is 6.70. The van der Waals surface area contributed by atoms with Crippen LogP contribution in [0.2, 0.25) is 0 Å². The van der Waals surface area contributed by atoms with Crippen LogP contribution < -0.4 is 0 Å². The van der Waals surface area contributed by atoms with E-state index in [4.69, 9.17) is 0 Å². The number of hydrogen-bond donors (Lipinski definition) is 2. The zero-order valence-corrected chi connectivity index (χ0v) is 11.8. The SMILES string of the molecule is O=C(C=C(O)c1nc[nH]n1)c1cnn(Cc2ccccc2F)c1. The topological polar surface area (TPSA) is 96.7 Å². The molecular weight excluding hydrogens is 301 g/mol. The lowest BCUT2D eigenvalue weighted by molar-refractivity contribution is 0.104. The molecule has 0 atom stereocenters. The number of halogens is 1. The van der Waals surface area contributed by atoms with Crippen molar-refractivity contribution in [3.63, 3.8) is 0 Å². The van der Waals surface area contributed by atoms with Crippen LogP contribution in [0.3, 0.4) is 0 Å². The number of allylic oxidation sites excluding steroid dienone is 1. The van der Waals surface area contributed by atoms with Gasteiger partial charge < -0.3 is 5.11 Å². The summed E-state index contributed by atoms with van der Waals surface area (Å²) in [6, 6.07) is 6.34. The maximum atomic E-state index is 13.6. The third-order valence-electron chi connectivity index (χ3n) is 3.12. The summed E-state index contributed by atoms with van der Waals surface area (Å²) in [6.45, 7) is 0.205. The van der Waals surface area contributed by atoms with Crippen LogP contribution in [0, 0.1) is 5.82 Å². The van der Waals surface area contributed by atoms with Crippen molar-refractivity contribution in [3.05, 3.63) is 71.8 Å². The molecule has 116 valence electrons. The lowest BCUT2D eigenvalue weighted by Gasteiger charge is -2.02. The first kappa shape index (κ1) is 14.6. The van der Waals surface area contributed by atoms with Crippen LogP contribution in [0.25, 0.3) is 5.76 Å². The van der Waals surface area contributed by atoms with E-state index in [-0.39, 0.29) is 29.5 Å². The Labute approximate surface area is 130 Å². The largest absolute Gasteiger partial charge is 0.504 e. The average Bonchev–Trinajstić information content (AvgIpc) is 3.21. The van der Waals surface area contributed by atoms with Crippen LogP contribution in [0.5, 0.6) is 0 Å². The Morgan fingerprint density at radius 3 is 2.96 bits per heavy atom. The highest BCUT2D eigenvalue weighted by Gasteiger charge is 2.11. The Kier molecular flexibility index (Phi) is 3.96. The number of aliphatic hydroxyl groups excluding tert-OH is 1. The maximum absolute atomic E-state index is 13.6. The number of benzene rings is 1. The summed E-state index contributed by atoms with van der Waals surface area (Å²) in [6.07, 6.45) is 5.13. The van der Waals surface area contributed by atoms with Gasteiger partial charge in [-0.2, -0.15) is 10.2 Å². The summed E-state index contributed by atoms with van der Waals surface area (Å²) >= 11 is 0. The highest BCUT2D eigenvalue weighted by Crippen LogP contribution is 2.11. The molecule has 0 radical (unpaired) electrons. The molecule has 2 aromatic heterocycles. The number of carbonyl (C=O) groups excluding carboxylic acids is 1. The van der Waals surface area contributed by atoms with Gasteiger partial charge in [0.1, 0.15) is 12.1 Å². The molecule has 8 heteroatoms. The van der Waals surface area contributed by atoms with Gasteiger partial charge in [-0.1, -0.05) is 18.2 Å². The van der Waals surface area contributed by atoms with Gasteiger partial charge in [0, 0.05) is 17.8 Å². The van der Waals surface area contributed by atoms with Crippen molar-refractivity contribution in [3.8, 4) is 0 Å². The van der Waals surface area contributed by atoms with E-state index in [0.29, 0.717) is 5.56 Å². The Hall–Kier alpha value is -3.29. The average molecular weight is 313 g/mol. The minimum absolute atomic E-state index is 0.0251. The zero-order valence-electron chi connectivity index (χ0n) is 11.8. The zero-order chi connectivity index (χ0) is 16.2. The number of H-pyrrole nitrogens is 1. The molecule has 23 heavy (non-hydrogen) atoms. The fourth-order valence-electron chi connectivity index (χ4n) is 1.98. The van der Waals surface area contributed by atoms with Crippen LogP contribution >= 0.6 is 0 Å². The van der Waals surface area contributed by atoms with E-state index in [1.807, 2.05) is 0 Å². The molecule has 0 saturated carbocycles. The second-order valence-electron chi connectivity index (χ2n) is 4.73. The molecule has 0 saturated heterocycles. The molecule has 0 unspecified atom stereocenters. The van der Waals surface area contributed by atoms with Crippen molar-refractivity contribution in [2.24, 2.45) is 0 Å². The van der Waals surface area contributed by atoms with E-state index in [1.165, 1.54) is 29.5 Å². The van der Waals surface area contributed by atoms with E-state index in [1.54, 1.807) is 18.2 Å². The number of nitrogens with zero attached hydrogens (tertiary/aromatic N) is 4. The Balaban J connectivity index is 1.75. The second-order valence-corrected chi connectivity index (χ2v) is 4.73. The Morgan fingerprint density at radius 1 is 1.39 bits per heavy atom. The van der Waals surface area contributed by atoms with Gasteiger partial charge in [-0.05, 0) is 6.07 Å². The molecular formula is C15H12FN5O2. The highest BCUT2D eigenvalue weighted by atomic mass is 19.1. The molecule has 0 aliphatic rings. The summed E-state index contributed by atoms with van der Waals surface area (Å²) in [5, 5.41) is 19.9. The number of hydrogen-bond acceptors (Lipinski definition) is 5. The monoisotopic (exact) mass is 313 g/mol. The van der Waals surface area contributed by atoms with Crippen molar-refractivity contribution in [2.45, 2.75) is 6.54 Å². The summed E-state index contributed by atoms with van der Waals surface area (Å²) in [5.41, 5.74) is 0.733. The lowest BCUT2D eigenvalue weighted by atomic mass is 10.2. The lowest BCUT2D eigenvalue weighted by Crippen LogP contribution is -2.02. The molecule has 0 aliphatic carbocycles. The number of aliphatic hydroxyl groups is 1. The smallest absolute Gasteiger partial charge is 0.215 e. The molecule has 0 aliphatic heterocycles. The first-order valence-corrected chi connectivity index (χ1v) is 6.70. The highest BCUT2D eigenvalue weighted by molar-refractivity contribution is 6.07. The van der Waals surface area contributed by atoms with Crippen LogP contribution in [-0.2, 0) is 6.54 Å². The van der Waals surface area contributed by atoms with Gasteiger partial charge >= 0.3 is 0 Å². The second kappa shape index (κ2) is 6.22. The van der Waals surface area contributed by atoms with Gasteiger partial charge in [0.25, 0.3) is 0 Å². The number of nitrogens with one attached hydrogen (secondary N) is 1. The molecule has 3 aromatic rings. The normalized spacial score (nSPS) is 11.6. The van der Waals surface area contributed by atoms with Crippen LogP contribution in [0.4, 0.5) is 4.39 Å². The fourth-order valence-corrected chi connectivity index (χ4v) is 1.98.